The van der Waals surface area contributed by atoms with Crippen LogP contribution in [-0.4, -0.2) is 27.4 Å². The summed E-state index contributed by atoms with van der Waals surface area (Å²) in [6, 6.07) is 1.29. The summed E-state index contributed by atoms with van der Waals surface area (Å²) < 4.78 is 7.10. The standard InChI is InChI=1S/C12H18N2O4/c1-7-8(6-15)18-10(12(7,2)3)14-5-4-9(16)13-11(14)17/h4-5,7-8,10,15H,6H2,1-3H3,(H,13,16,17)/t7-,8-,10?/m1/s1. The van der Waals surface area contributed by atoms with Gasteiger partial charge in [-0.05, 0) is 5.92 Å². The molecule has 2 rings (SSSR count). The molecule has 0 aromatic carbocycles. The van der Waals surface area contributed by atoms with Crippen LogP contribution in [0.4, 0.5) is 0 Å². The fourth-order valence-electron chi connectivity index (χ4n) is 2.40. The number of hydrogen-bond donors (Lipinski definition) is 2. The molecule has 0 spiro atoms. The van der Waals surface area contributed by atoms with Gasteiger partial charge in [0, 0.05) is 17.7 Å². The third-order valence-electron chi connectivity index (χ3n) is 3.96. The van der Waals surface area contributed by atoms with Gasteiger partial charge in [0.05, 0.1) is 12.7 Å². The first-order chi connectivity index (χ1) is 8.37. The topological polar surface area (TPSA) is 84.3 Å². The molecule has 1 aromatic rings. The van der Waals surface area contributed by atoms with Crippen LogP contribution in [0.15, 0.2) is 21.9 Å². The van der Waals surface area contributed by atoms with Crippen LogP contribution in [0.25, 0.3) is 0 Å². The number of hydrogen-bond acceptors (Lipinski definition) is 4. The van der Waals surface area contributed by atoms with Gasteiger partial charge in [-0.3, -0.25) is 14.3 Å². The third-order valence-corrected chi connectivity index (χ3v) is 3.96. The van der Waals surface area contributed by atoms with Gasteiger partial charge in [-0.1, -0.05) is 20.8 Å². The molecule has 6 heteroatoms. The Hall–Kier alpha value is -1.40. The first-order valence-corrected chi connectivity index (χ1v) is 5.95. The summed E-state index contributed by atoms with van der Waals surface area (Å²) in [4.78, 5) is 25.0. The van der Waals surface area contributed by atoms with Gasteiger partial charge in [0.1, 0.15) is 6.23 Å². The lowest BCUT2D eigenvalue weighted by molar-refractivity contribution is -0.0501. The van der Waals surface area contributed by atoms with Crippen molar-refractivity contribution in [2.24, 2.45) is 11.3 Å². The highest BCUT2D eigenvalue weighted by Crippen LogP contribution is 2.48. The van der Waals surface area contributed by atoms with Gasteiger partial charge in [0.25, 0.3) is 5.56 Å². The van der Waals surface area contributed by atoms with E-state index in [9.17, 15) is 14.7 Å². The van der Waals surface area contributed by atoms with Crippen LogP contribution in [0.1, 0.15) is 27.0 Å². The van der Waals surface area contributed by atoms with Gasteiger partial charge in [0.15, 0.2) is 0 Å². The smallest absolute Gasteiger partial charge is 0.330 e. The van der Waals surface area contributed by atoms with Crippen molar-refractivity contribution in [1.82, 2.24) is 9.55 Å². The van der Waals surface area contributed by atoms with Crippen LogP contribution in [0.3, 0.4) is 0 Å². The molecule has 1 aliphatic heterocycles. The zero-order valence-electron chi connectivity index (χ0n) is 10.7. The average Bonchev–Trinajstić information content (AvgIpc) is 2.52. The van der Waals surface area contributed by atoms with Gasteiger partial charge in [-0.2, -0.15) is 0 Å². The normalized spacial score (nSPS) is 30.6. The third kappa shape index (κ3) is 1.91. The first kappa shape index (κ1) is 13.0. The van der Waals surface area contributed by atoms with Crippen molar-refractivity contribution in [2.75, 3.05) is 6.61 Å². The molecule has 100 valence electrons. The van der Waals surface area contributed by atoms with E-state index in [1.54, 1.807) is 0 Å². The monoisotopic (exact) mass is 254 g/mol. The maximum Gasteiger partial charge on any atom is 0.330 e. The lowest BCUT2D eigenvalue weighted by atomic mass is 9.78. The predicted molar refractivity (Wildman–Crippen MR) is 65.3 cm³/mol. The molecule has 2 N–H and O–H groups in total. The Kier molecular flexibility index (Phi) is 3.16. The summed E-state index contributed by atoms with van der Waals surface area (Å²) >= 11 is 0. The molecule has 1 unspecified atom stereocenters. The highest BCUT2D eigenvalue weighted by Gasteiger charge is 2.48. The summed E-state index contributed by atoms with van der Waals surface area (Å²) in [6.07, 6.45) is 0.637. The molecule has 1 aliphatic rings. The molecule has 0 saturated carbocycles. The molecule has 0 bridgehead atoms. The quantitative estimate of drug-likeness (QED) is 0.783. The van der Waals surface area contributed by atoms with E-state index in [-0.39, 0.29) is 24.0 Å². The Labute approximate surface area is 104 Å². The van der Waals surface area contributed by atoms with E-state index in [1.165, 1.54) is 16.8 Å². The maximum atomic E-state index is 11.8. The molecule has 0 amide bonds. The number of ether oxygens (including phenoxy) is 1. The molecule has 6 nitrogen and oxygen atoms in total. The van der Waals surface area contributed by atoms with Crippen molar-refractivity contribution in [2.45, 2.75) is 33.1 Å². The number of nitrogens with zero attached hydrogens (tertiary/aromatic N) is 1. The van der Waals surface area contributed by atoms with Crippen molar-refractivity contribution in [3.63, 3.8) is 0 Å². The van der Waals surface area contributed by atoms with Crippen LogP contribution in [0.5, 0.6) is 0 Å². The van der Waals surface area contributed by atoms with Gasteiger partial charge in [-0.15, -0.1) is 0 Å². The van der Waals surface area contributed by atoms with Gasteiger partial charge < -0.3 is 9.84 Å². The zero-order chi connectivity index (χ0) is 13.5. The van der Waals surface area contributed by atoms with Crippen LogP contribution in [0.2, 0.25) is 0 Å². The molecular formula is C12H18N2O4. The second-order valence-corrected chi connectivity index (χ2v) is 5.34. The Morgan fingerprint density at radius 1 is 1.50 bits per heavy atom. The summed E-state index contributed by atoms with van der Waals surface area (Å²) in [5, 5.41) is 9.28. The Balaban J connectivity index is 2.45. The van der Waals surface area contributed by atoms with Crippen LogP contribution < -0.4 is 11.2 Å². The van der Waals surface area contributed by atoms with Crippen molar-refractivity contribution in [1.29, 1.82) is 0 Å². The molecule has 0 radical (unpaired) electrons. The number of H-pyrrole nitrogens is 1. The zero-order valence-corrected chi connectivity index (χ0v) is 10.7. The lowest BCUT2D eigenvalue weighted by Gasteiger charge is -2.29. The number of aromatic amines is 1. The highest BCUT2D eigenvalue weighted by molar-refractivity contribution is 4.95. The van der Waals surface area contributed by atoms with Crippen molar-refractivity contribution >= 4 is 0 Å². The molecule has 18 heavy (non-hydrogen) atoms. The van der Waals surface area contributed by atoms with Gasteiger partial charge >= 0.3 is 5.69 Å². The Morgan fingerprint density at radius 3 is 2.67 bits per heavy atom. The Bertz CT molecular complexity index is 545. The van der Waals surface area contributed by atoms with E-state index >= 15 is 0 Å². The number of aromatic nitrogens is 2. The minimum Gasteiger partial charge on any atom is -0.394 e. The number of aliphatic hydroxyl groups is 1. The summed E-state index contributed by atoms with van der Waals surface area (Å²) in [5.74, 6) is 0.103. The average molecular weight is 254 g/mol. The summed E-state index contributed by atoms with van der Waals surface area (Å²) in [5.41, 5.74) is -1.24. The van der Waals surface area contributed by atoms with Crippen LogP contribution in [-0.2, 0) is 4.74 Å². The number of aliphatic hydroxyl groups excluding tert-OH is 1. The van der Waals surface area contributed by atoms with Gasteiger partial charge in [0.2, 0.25) is 0 Å². The maximum absolute atomic E-state index is 11.8. The number of nitrogens with one attached hydrogen (secondary N) is 1. The molecular weight excluding hydrogens is 236 g/mol. The van der Waals surface area contributed by atoms with Crippen LogP contribution >= 0.6 is 0 Å². The minimum absolute atomic E-state index is 0.0841. The van der Waals surface area contributed by atoms with E-state index in [0.717, 1.165) is 0 Å². The fourth-order valence-corrected chi connectivity index (χ4v) is 2.40. The second-order valence-electron chi connectivity index (χ2n) is 5.34. The fraction of sp³-hybridized carbons (Fsp3) is 0.667. The number of rotatable bonds is 2. The summed E-state index contributed by atoms with van der Waals surface area (Å²) in [6.45, 7) is 5.86. The summed E-state index contributed by atoms with van der Waals surface area (Å²) in [7, 11) is 0. The molecule has 1 saturated heterocycles. The van der Waals surface area contributed by atoms with E-state index in [4.69, 9.17) is 4.74 Å². The molecule has 0 aliphatic carbocycles. The predicted octanol–water partition coefficient (Wildman–Crippen LogP) is 0.0886. The molecule has 2 heterocycles. The molecule has 1 aromatic heterocycles. The van der Waals surface area contributed by atoms with E-state index < -0.39 is 17.5 Å². The van der Waals surface area contributed by atoms with E-state index in [2.05, 4.69) is 4.98 Å². The van der Waals surface area contributed by atoms with Gasteiger partial charge in [-0.25, -0.2) is 4.79 Å². The van der Waals surface area contributed by atoms with Crippen molar-refractivity contribution in [3.05, 3.63) is 33.1 Å². The molecule has 3 atom stereocenters. The minimum atomic E-state index is -0.494. The van der Waals surface area contributed by atoms with Crippen molar-refractivity contribution < 1.29 is 9.84 Å². The molecule has 1 fully saturated rings. The Morgan fingerprint density at radius 2 is 2.17 bits per heavy atom. The van der Waals surface area contributed by atoms with E-state index in [0.29, 0.717) is 0 Å². The first-order valence-electron chi connectivity index (χ1n) is 5.95. The SMILES string of the molecule is C[C@@H]1[C@@H](CO)OC(n2ccc(=O)[nH]c2=O)C1(C)C. The van der Waals surface area contributed by atoms with Crippen molar-refractivity contribution in [3.8, 4) is 0 Å². The highest BCUT2D eigenvalue weighted by atomic mass is 16.5. The van der Waals surface area contributed by atoms with E-state index in [1.807, 2.05) is 20.8 Å². The lowest BCUT2D eigenvalue weighted by Crippen LogP contribution is -2.37. The largest absolute Gasteiger partial charge is 0.394 e. The van der Waals surface area contributed by atoms with Crippen LogP contribution in [0, 0.1) is 11.3 Å². The second kappa shape index (κ2) is 4.37.